The summed E-state index contributed by atoms with van der Waals surface area (Å²) in [5.41, 5.74) is 5.16. The van der Waals surface area contributed by atoms with Gasteiger partial charge in [-0.3, -0.25) is 4.79 Å². The molecule has 92 valence electrons. The number of carbonyl (C=O) groups is 1. The van der Waals surface area contributed by atoms with E-state index in [2.05, 4.69) is 17.5 Å². The van der Waals surface area contributed by atoms with E-state index < -0.39 is 24.1 Å². The topological polar surface area (TPSA) is 64.3 Å². The summed E-state index contributed by atoms with van der Waals surface area (Å²) in [6.07, 6.45) is 0. The molecular formula is C10H10F2N2O2S. The van der Waals surface area contributed by atoms with E-state index in [1.165, 1.54) is 0 Å². The first-order valence-electron chi connectivity index (χ1n) is 4.62. The average molecular weight is 260 g/mol. The lowest BCUT2D eigenvalue weighted by Gasteiger charge is -2.07. The number of nitrogens with two attached hydrogens (primary N) is 1. The van der Waals surface area contributed by atoms with Crippen LogP contribution >= 0.6 is 12.2 Å². The van der Waals surface area contributed by atoms with Crippen molar-refractivity contribution in [2.24, 2.45) is 5.73 Å². The summed E-state index contributed by atoms with van der Waals surface area (Å²) in [6.45, 7) is -0.353. The molecule has 0 aliphatic heterocycles. The summed E-state index contributed by atoms with van der Waals surface area (Å²) in [4.78, 5) is 11.3. The van der Waals surface area contributed by atoms with E-state index in [4.69, 9.17) is 10.5 Å². The van der Waals surface area contributed by atoms with Crippen molar-refractivity contribution in [3.05, 3.63) is 29.8 Å². The third-order valence-electron chi connectivity index (χ3n) is 1.71. The van der Waals surface area contributed by atoms with Crippen molar-refractivity contribution in [3.63, 3.8) is 0 Å². The van der Waals surface area contributed by atoms with Crippen molar-refractivity contribution in [3.8, 4) is 5.75 Å². The van der Waals surface area contributed by atoms with Crippen molar-refractivity contribution in [2.75, 3.05) is 13.2 Å². The molecule has 3 N–H and O–H groups in total. The number of hydrogen-bond donors (Lipinski definition) is 2. The van der Waals surface area contributed by atoms with Crippen LogP contribution in [0.5, 0.6) is 5.75 Å². The highest BCUT2D eigenvalue weighted by Gasteiger charge is 2.07. The van der Waals surface area contributed by atoms with Crippen LogP contribution in [0.2, 0.25) is 0 Å². The van der Waals surface area contributed by atoms with Crippen LogP contribution in [0, 0.1) is 11.6 Å². The minimum Gasteiger partial charge on any atom is -0.481 e. The molecule has 0 saturated carbocycles. The lowest BCUT2D eigenvalue weighted by atomic mass is 10.3. The van der Waals surface area contributed by atoms with E-state index in [1.54, 1.807) is 0 Å². The average Bonchev–Trinajstić information content (AvgIpc) is 2.25. The van der Waals surface area contributed by atoms with Gasteiger partial charge in [-0.05, 0) is 12.1 Å². The summed E-state index contributed by atoms with van der Waals surface area (Å²) >= 11 is 4.55. The minimum absolute atomic E-state index is 0.0451. The van der Waals surface area contributed by atoms with Gasteiger partial charge in [-0.2, -0.15) is 0 Å². The number of thiocarbonyl (C=S) groups is 1. The molecule has 0 aliphatic rings. The maximum absolute atomic E-state index is 13.1. The number of rotatable bonds is 5. The van der Waals surface area contributed by atoms with E-state index in [9.17, 15) is 13.6 Å². The lowest BCUT2D eigenvalue weighted by Crippen LogP contribution is -2.35. The van der Waals surface area contributed by atoms with Gasteiger partial charge in [0.05, 0.1) is 11.5 Å². The molecule has 0 spiro atoms. The first-order chi connectivity index (χ1) is 7.99. The molecule has 1 aromatic rings. The van der Waals surface area contributed by atoms with Gasteiger partial charge in [0.1, 0.15) is 5.82 Å². The molecule has 7 heteroatoms. The largest absolute Gasteiger partial charge is 0.481 e. The normalized spacial score (nSPS) is 9.76. The smallest absolute Gasteiger partial charge is 0.258 e. The van der Waals surface area contributed by atoms with Crippen molar-refractivity contribution < 1.29 is 18.3 Å². The van der Waals surface area contributed by atoms with Crippen LogP contribution in [0.4, 0.5) is 8.78 Å². The summed E-state index contributed by atoms with van der Waals surface area (Å²) in [5.74, 6) is -2.28. The molecule has 17 heavy (non-hydrogen) atoms. The molecule has 1 amide bonds. The highest BCUT2D eigenvalue weighted by Crippen LogP contribution is 2.17. The molecule has 0 aromatic heterocycles. The second kappa shape index (κ2) is 6.09. The summed E-state index contributed by atoms with van der Waals surface area (Å²) in [6, 6.07) is 2.80. The standard InChI is InChI=1S/C10H10F2N2O2S/c11-6-1-2-8(7(12)3-6)16-5-10(15)14-4-9(13)17/h1-3H,4-5H2,(H2,13,17)(H,14,15). The van der Waals surface area contributed by atoms with Crippen LogP contribution in [0.3, 0.4) is 0 Å². The van der Waals surface area contributed by atoms with Gasteiger partial charge in [0.25, 0.3) is 5.91 Å². The van der Waals surface area contributed by atoms with Crippen LogP contribution < -0.4 is 15.8 Å². The Morgan fingerprint density at radius 1 is 1.47 bits per heavy atom. The SMILES string of the molecule is NC(=S)CNC(=O)COc1ccc(F)cc1F. The van der Waals surface area contributed by atoms with E-state index in [0.29, 0.717) is 6.07 Å². The maximum Gasteiger partial charge on any atom is 0.258 e. The number of ether oxygens (including phenoxy) is 1. The molecule has 0 radical (unpaired) electrons. The van der Waals surface area contributed by atoms with Gasteiger partial charge in [0, 0.05) is 6.07 Å². The zero-order valence-electron chi connectivity index (χ0n) is 8.70. The third-order valence-corrected chi connectivity index (χ3v) is 1.86. The Morgan fingerprint density at radius 2 is 2.18 bits per heavy atom. The van der Waals surface area contributed by atoms with Crippen LogP contribution in [0.15, 0.2) is 18.2 Å². The Kier molecular flexibility index (Phi) is 4.77. The summed E-state index contributed by atoms with van der Waals surface area (Å²) in [7, 11) is 0. The lowest BCUT2D eigenvalue weighted by molar-refractivity contribution is -0.122. The highest BCUT2D eigenvalue weighted by molar-refractivity contribution is 7.80. The number of nitrogens with one attached hydrogen (secondary N) is 1. The molecule has 0 saturated heterocycles. The molecule has 0 unspecified atom stereocenters. The zero-order chi connectivity index (χ0) is 12.8. The molecule has 1 aromatic carbocycles. The summed E-state index contributed by atoms with van der Waals surface area (Å²) < 4.78 is 30.5. The van der Waals surface area contributed by atoms with Crippen LogP contribution in [0.1, 0.15) is 0 Å². The van der Waals surface area contributed by atoms with Crippen LogP contribution in [0.25, 0.3) is 0 Å². The number of amides is 1. The van der Waals surface area contributed by atoms with Gasteiger partial charge < -0.3 is 15.8 Å². The fraction of sp³-hybridized carbons (Fsp3) is 0.200. The fourth-order valence-corrected chi connectivity index (χ4v) is 1.04. The monoisotopic (exact) mass is 260 g/mol. The third kappa shape index (κ3) is 4.73. The molecule has 4 nitrogen and oxygen atoms in total. The molecule has 0 aliphatic carbocycles. The Labute approximate surface area is 102 Å². The van der Waals surface area contributed by atoms with E-state index in [0.717, 1.165) is 12.1 Å². The Hall–Kier alpha value is -1.76. The Morgan fingerprint density at radius 3 is 2.76 bits per heavy atom. The van der Waals surface area contributed by atoms with E-state index in [-0.39, 0.29) is 17.3 Å². The van der Waals surface area contributed by atoms with Gasteiger partial charge >= 0.3 is 0 Å². The minimum atomic E-state index is -0.868. The van der Waals surface area contributed by atoms with E-state index >= 15 is 0 Å². The molecule has 0 fully saturated rings. The van der Waals surface area contributed by atoms with Gasteiger partial charge in [-0.1, -0.05) is 12.2 Å². The molecule has 0 atom stereocenters. The molecule has 0 heterocycles. The van der Waals surface area contributed by atoms with Crippen molar-refractivity contribution in [1.82, 2.24) is 5.32 Å². The first kappa shape index (κ1) is 13.3. The summed E-state index contributed by atoms with van der Waals surface area (Å²) in [5, 5.41) is 2.36. The number of halogens is 2. The number of benzene rings is 1. The molecule has 1 rings (SSSR count). The Bertz CT molecular complexity index is 440. The van der Waals surface area contributed by atoms with Crippen molar-refractivity contribution in [1.29, 1.82) is 0 Å². The maximum atomic E-state index is 13.1. The first-order valence-corrected chi connectivity index (χ1v) is 5.02. The van der Waals surface area contributed by atoms with Crippen LogP contribution in [-0.4, -0.2) is 24.0 Å². The van der Waals surface area contributed by atoms with Gasteiger partial charge in [0.15, 0.2) is 18.2 Å². The predicted octanol–water partition coefficient (Wildman–Crippen LogP) is 0.746. The van der Waals surface area contributed by atoms with Gasteiger partial charge in [0.2, 0.25) is 0 Å². The number of hydrogen-bond acceptors (Lipinski definition) is 3. The quantitative estimate of drug-likeness (QED) is 0.767. The van der Waals surface area contributed by atoms with Gasteiger partial charge in [-0.25, -0.2) is 8.78 Å². The molecular weight excluding hydrogens is 250 g/mol. The second-order valence-corrected chi connectivity index (χ2v) is 3.63. The molecule has 0 bridgehead atoms. The predicted molar refractivity (Wildman–Crippen MR) is 61.6 cm³/mol. The fourth-order valence-electron chi connectivity index (χ4n) is 0.972. The van der Waals surface area contributed by atoms with Crippen molar-refractivity contribution >= 4 is 23.1 Å². The second-order valence-electron chi connectivity index (χ2n) is 3.11. The Balaban J connectivity index is 2.44. The number of carbonyl (C=O) groups excluding carboxylic acids is 1. The van der Waals surface area contributed by atoms with Gasteiger partial charge in [-0.15, -0.1) is 0 Å². The van der Waals surface area contributed by atoms with Crippen molar-refractivity contribution in [2.45, 2.75) is 0 Å². The highest BCUT2D eigenvalue weighted by atomic mass is 32.1. The van der Waals surface area contributed by atoms with E-state index in [1.807, 2.05) is 0 Å². The zero-order valence-corrected chi connectivity index (χ0v) is 9.52. The van der Waals surface area contributed by atoms with Crippen LogP contribution in [-0.2, 0) is 4.79 Å².